The maximum absolute atomic E-state index is 11.7. The van der Waals surface area contributed by atoms with E-state index in [0.29, 0.717) is 16.9 Å². The third-order valence-electron chi connectivity index (χ3n) is 2.78. The van der Waals surface area contributed by atoms with Crippen molar-refractivity contribution in [2.24, 2.45) is 0 Å². The van der Waals surface area contributed by atoms with Gasteiger partial charge in [-0.3, -0.25) is 4.83 Å². The van der Waals surface area contributed by atoms with Crippen LogP contribution >= 0.6 is 22.6 Å². The van der Waals surface area contributed by atoms with Crippen molar-refractivity contribution < 1.29 is 16.8 Å². The zero-order valence-corrected chi connectivity index (χ0v) is 13.1. The molecule has 2 aromatic rings. The second-order valence-corrected chi connectivity index (χ2v) is 10.1. The van der Waals surface area contributed by atoms with Gasteiger partial charge < -0.3 is 0 Å². The van der Waals surface area contributed by atoms with Crippen molar-refractivity contribution >= 4 is 52.6 Å². The zero-order chi connectivity index (χ0) is 14.7. The summed E-state index contributed by atoms with van der Waals surface area (Å²) in [6, 6.07) is 4.17. The lowest BCUT2D eigenvalue weighted by atomic mass is 10.3. The molecule has 1 unspecified atom stereocenters. The highest BCUT2D eigenvalue weighted by atomic mass is 35.7. The van der Waals surface area contributed by atoms with E-state index in [1.807, 2.05) is 0 Å². The van der Waals surface area contributed by atoms with E-state index in [1.54, 1.807) is 0 Å². The highest BCUT2D eigenvalue weighted by Crippen LogP contribution is 2.39. The van der Waals surface area contributed by atoms with E-state index in [-0.39, 0.29) is 4.90 Å². The molecular weight excluding hydrogens is 346 g/mol. The maximum atomic E-state index is 11.7. The lowest BCUT2D eigenvalue weighted by molar-refractivity contribution is 0.598. The van der Waals surface area contributed by atoms with Gasteiger partial charge in [0.05, 0.1) is 15.9 Å². The largest absolute Gasteiger partial charge is 0.264 e. The number of nitrogens with zero attached hydrogens (tertiary/aromatic N) is 2. The van der Waals surface area contributed by atoms with Crippen molar-refractivity contribution in [1.29, 1.82) is 0 Å². The Labute approximate surface area is 123 Å². The molecule has 1 aliphatic rings. The molecule has 0 amide bonds. The smallest absolute Gasteiger partial charge is 0.261 e. The number of hydrogen-bond donors (Lipinski definition) is 1. The summed E-state index contributed by atoms with van der Waals surface area (Å²) in [6.45, 7) is 0. The molecule has 7 nitrogen and oxygen atoms in total. The Morgan fingerprint density at radius 3 is 2.65 bits per heavy atom. The van der Waals surface area contributed by atoms with Crippen LogP contribution in [0.1, 0.15) is 10.4 Å². The molecule has 0 saturated heterocycles. The number of halogens is 1. The molecule has 0 saturated carbocycles. The second kappa shape index (κ2) is 4.26. The predicted octanol–water partition coefficient (Wildman–Crippen LogP) is 1.21. The molecule has 2 heterocycles. The molecule has 0 fully saturated rings. The van der Waals surface area contributed by atoms with Crippen LogP contribution in [-0.4, -0.2) is 32.8 Å². The van der Waals surface area contributed by atoms with Gasteiger partial charge in [-0.05, 0) is 30.1 Å². The number of benzene rings is 1. The number of nitrogens with one attached hydrogen (secondary N) is 1. The van der Waals surface area contributed by atoms with Gasteiger partial charge in [0.1, 0.15) is 0 Å². The van der Waals surface area contributed by atoms with Crippen LogP contribution < -0.4 is 4.83 Å². The first-order valence-corrected chi connectivity index (χ1v) is 10.4. The lowest BCUT2D eigenvalue weighted by Gasteiger charge is -2.02. The number of rotatable bonds is 2. The average Bonchev–Trinajstić information content (AvgIpc) is 2.83. The van der Waals surface area contributed by atoms with E-state index in [9.17, 15) is 16.8 Å². The first-order valence-electron chi connectivity index (χ1n) is 5.25. The van der Waals surface area contributed by atoms with E-state index in [1.165, 1.54) is 22.9 Å². The Kier molecular flexibility index (Phi) is 2.98. The van der Waals surface area contributed by atoms with Crippen LogP contribution in [-0.2, 0) is 18.9 Å². The van der Waals surface area contributed by atoms with Crippen LogP contribution in [0.3, 0.4) is 0 Å². The fraction of sp³-hybridized carbons (Fsp3) is 0.222. The van der Waals surface area contributed by atoms with E-state index in [4.69, 9.17) is 10.7 Å². The Balaban J connectivity index is 2.26. The second-order valence-electron chi connectivity index (χ2n) is 4.26. The Morgan fingerprint density at radius 1 is 1.35 bits per heavy atom. The summed E-state index contributed by atoms with van der Waals surface area (Å²) < 4.78 is 46.6. The summed E-state index contributed by atoms with van der Waals surface area (Å²) in [5, 5.41) is 0. The highest BCUT2D eigenvalue weighted by Gasteiger charge is 2.35. The molecule has 1 aliphatic heterocycles. The summed E-state index contributed by atoms with van der Waals surface area (Å²) in [4.78, 5) is 6.97. The van der Waals surface area contributed by atoms with Crippen LogP contribution in [0.5, 0.6) is 0 Å². The van der Waals surface area contributed by atoms with Crippen molar-refractivity contribution in [3.8, 4) is 0 Å². The van der Waals surface area contributed by atoms with Crippen molar-refractivity contribution in [2.75, 3.05) is 11.1 Å². The highest BCUT2D eigenvalue weighted by molar-refractivity contribution is 8.14. The topological polar surface area (TPSA) is 98.1 Å². The van der Waals surface area contributed by atoms with Gasteiger partial charge in [-0.1, -0.05) is 0 Å². The summed E-state index contributed by atoms with van der Waals surface area (Å²) in [7, 11) is -1.88. The minimum absolute atomic E-state index is 0.0658. The minimum atomic E-state index is -3.85. The first-order chi connectivity index (χ1) is 9.18. The van der Waals surface area contributed by atoms with Crippen LogP contribution in [0.15, 0.2) is 23.1 Å². The minimum Gasteiger partial charge on any atom is -0.264 e. The molecule has 3 rings (SSSR count). The van der Waals surface area contributed by atoms with Crippen LogP contribution in [0.2, 0.25) is 0 Å². The molecule has 108 valence electrons. The molecule has 20 heavy (non-hydrogen) atoms. The Hall–Kier alpha value is -0.970. The van der Waals surface area contributed by atoms with Gasteiger partial charge in [-0.25, -0.2) is 26.5 Å². The first kappa shape index (κ1) is 14.0. The van der Waals surface area contributed by atoms with Crippen LogP contribution in [0, 0.1) is 0 Å². The molecule has 0 spiro atoms. The summed E-state index contributed by atoms with van der Waals surface area (Å²) in [6.07, 6.45) is 1.12. The average molecular weight is 354 g/mol. The van der Waals surface area contributed by atoms with E-state index >= 15 is 0 Å². The number of aromatic nitrogens is 2. The molecule has 0 bridgehead atoms. The van der Waals surface area contributed by atoms with E-state index in [2.05, 4.69) is 9.82 Å². The summed E-state index contributed by atoms with van der Waals surface area (Å²) in [5.41, 5.74) is 0.950. The normalized spacial score (nSPS) is 19.0. The fourth-order valence-corrected chi connectivity index (χ4v) is 4.71. The third-order valence-corrected chi connectivity index (χ3v) is 7.17. The number of fused-ring (bicyclic) bond motifs is 3. The number of imidazole rings is 1. The fourth-order valence-electron chi connectivity index (χ4n) is 1.91. The number of sulfone groups is 1. The van der Waals surface area contributed by atoms with Crippen LogP contribution in [0.4, 0.5) is 0 Å². The van der Waals surface area contributed by atoms with Gasteiger partial charge in [0, 0.05) is 16.9 Å². The van der Waals surface area contributed by atoms with Crippen molar-refractivity contribution in [3.05, 3.63) is 24.0 Å². The Bertz CT molecular complexity index is 919. The summed E-state index contributed by atoms with van der Waals surface area (Å²) >= 11 is 0.993. The zero-order valence-electron chi connectivity index (χ0n) is 9.94. The van der Waals surface area contributed by atoms with Gasteiger partial charge in [-0.15, -0.1) is 0 Å². The lowest BCUT2D eigenvalue weighted by Crippen LogP contribution is -2.07. The van der Waals surface area contributed by atoms with Crippen molar-refractivity contribution in [3.63, 3.8) is 0 Å². The van der Waals surface area contributed by atoms with E-state index in [0.717, 1.165) is 18.2 Å². The van der Waals surface area contributed by atoms with Gasteiger partial charge in [-0.2, -0.15) is 0 Å². The molecule has 11 heteroatoms. The Morgan fingerprint density at radius 2 is 2.05 bits per heavy atom. The van der Waals surface area contributed by atoms with Gasteiger partial charge in [0.15, 0.2) is 20.2 Å². The maximum Gasteiger partial charge on any atom is 0.261 e. The molecule has 1 atom stereocenters. The molecule has 1 aromatic carbocycles. The van der Waals surface area contributed by atoms with Crippen molar-refractivity contribution in [2.45, 2.75) is 9.48 Å². The van der Waals surface area contributed by atoms with Crippen molar-refractivity contribution in [1.82, 2.24) is 9.66 Å². The standard InChI is InChI=1S/C9H8ClN3O4S3/c1-19(14,15)9-8-11-6-3-2-5(20(10,16)17)4-7(6)13(8)12-18-9/h2-4,9,12H,1H3. The quantitative estimate of drug-likeness (QED) is 0.640. The molecule has 0 aliphatic carbocycles. The molecule has 1 N–H and O–H groups in total. The number of hydrogen-bond acceptors (Lipinski definition) is 7. The molecule has 1 aromatic heterocycles. The van der Waals surface area contributed by atoms with E-state index < -0.39 is 23.5 Å². The SMILES string of the molecule is CS(=O)(=O)C1SNn2c1nc1ccc(S(=O)(=O)Cl)cc12. The molecular formula is C9H8ClN3O4S3. The van der Waals surface area contributed by atoms with Crippen LogP contribution in [0.25, 0.3) is 11.0 Å². The van der Waals surface area contributed by atoms with Gasteiger partial charge >= 0.3 is 0 Å². The summed E-state index contributed by atoms with van der Waals surface area (Å²) in [5.74, 6) is 0.316. The van der Waals surface area contributed by atoms with Gasteiger partial charge in [0.2, 0.25) is 0 Å². The monoisotopic (exact) mass is 353 g/mol. The third kappa shape index (κ3) is 2.16. The van der Waals surface area contributed by atoms with Gasteiger partial charge in [0.25, 0.3) is 9.05 Å². The molecule has 0 radical (unpaired) electrons. The predicted molar refractivity (Wildman–Crippen MR) is 77.3 cm³/mol.